The second kappa shape index (κ2) is 4.72. The van der Waals surface area contributed by atoms with Crippen molar-refractivity contribution in [1.29, 1.82) is 0 Å². The Balaban J connectivity index is 1.86. The van der Waals surface area contributed by atoms with Gasteiger partial charge in [0.05, 0.1) is 11.8 Å². The molecular formula is C14H18F2N2O. The fourth-order valence-corrected chi connectivity index (χ4v) is 3.41. The molecule has 3 N–H and O–H groups in total. The highest BCUT2D eigenvalue weighted by Crippen LogP contribution is 2.40. The van der Waals surface area contributed by atoms with Gasteiger partial charge in [0.2, 0.25) is 0 Å². The fourth-order valence-electron chi connectivity index (χ4n) is 3.41. The predicted octanol–water partition coefficient (Wildman–Crippen LogP) is 1.63. The van der Waals surface area contributed by atoms with Gasteiger partial charge in [0.15, 0.2) is 11.6 Å². The molecule has 1 saturated heterocycles. The Morgan fingerprint density at radius 2 is 2.00 bits per heavy atom. The van der Waals surface area contributed by atoms with Crippen molar-refractivity contribution in [2.45, 2.75) is 25.5 Å². The highest BCUT2D eigenvalue weighted by molar-refractivity contribution is 5.51. The van der Waals surface area contributed by atoms with E-state index in [1.54, 1.807) is 6.07 Å². The summed E-state index contributed by atoms with van der Waals surface area (Å²) < 4.78 is 27.8. The summed E-state index contributed by atoms with van der Waals surface area (Å²) in [6.07, 6.45) is 1.49. The van der Waals surface area contributed by atoms with E-state index in [1.165, 1.54) is 6.07 Å². The van der Waals surface area contributed by atoms with E-state index in [9.17, 15) is 13.9 Å². The third-order valence-electron chi connectivity index (χ3n) is 4.52. The number of aliphatic hydroxyl groups excluding tert-OH is 1. The molecule has 0 bridgehead atoms. The van der Waals surface area contributed by atoms with Crippen LogP contribution in [0.5, 0.6) is 0 Å². The average Bonchev–Trinajstić information content (AvgIpc) is 2.95. The summed E-state index contributed by atoms with van der Waals surface area (Å²) in [5.74, 6) is -1.08. The van der Waals surface area contributed by atoms with Gasteiger partial charge in [0, 0.05) is 31.1 Å². The van der Waals surface area contributed by atoms with Crippen LogP contribution in [-0.4, -0.2) is 24.3 Å². The SMILES string of the molecule is NCc1ccc(N2CC3CCC(O)C3C2)c(F)c1F. The van der Waals surface area contributed by atoms with Crippen LogP contribution in [0, 0.1) is 23.5 Å². The van der Waals surface area contributed by atoms with Crippen LogP contribution in [0.4, 0.5) is 14.5 Å². The van der Waals surface area contributed by atoms with Gasteiger partial charge in [-0.1, -0.05) is 6.07 Å². The number of hydrogen-bond donors (Lipinski definition) is 2. The van der Waals surface area contributed by atoms with Gasteiger partial charge in [-0.15, -0.1) is 0 Å². The monoisotopic (exact) mass is 268 g/mol. The van der Waals surface area contributed by atoms with E-state index in [2.05, 4.69) is 0 Å². The van der Waals surface area contributed by atoms with E-state index in [0.29, 0.717) is 19.0 Å². The maximum absolute atomic E-state index is 14.0. The number of aliphatic hydroxyl groups is 1. The van der Waals surface area contributed by atoms with Crippen LogP contribution in [0.3, 0.4) is 0 Å². The summed E-state index contributed by atoms with van der Waals surface area (Å²) in [7, 11) is 0. The van der Waals surface area contributed by atoms with Crippen molar-refractivity contribution in [3.8, 4) is 0 Å². The first-order chi connectivity index (χ1) is 9.11. The highest BCUT2D eigenvalue weighted by atomic mass is 19.2. The van der Waals surface area contributed by atoms with Gasteiger partial charge >= 0.3 is 0 Å². The van der Waals surface area contributed by atoms with Crippen LogP contribution in [0.1, 0.15) is 18.4 Å². The first-order valence-electron chi connectivity index (χ1n) is 6.71. The summed E-state index contributed by atoms with van der Waals surface area (Å²) in [4.78, 5) is 1.84. The lowest BCUT2D eigenvalue weighted by Gasteiger charge is -2.21. The summed E-state index contributed by atoms with van der Waals surface area (Å²) in [6, 6.07) is 3.13. The van der Waals surface area contributed by atoms with Gasteiger partial charge in [-0.25, -0.2) is 8.78 Å². The normalized spacial score (nSPS) is 29.9. The molecule has 0 spiro atoms. The standard InChI is InChI=1S/C14H18F2N2O/c15-13-8(5-17)1-3-11(14(13)16)18-6-9-2-4-12(19)10(9)7-18/h1,3,9-10,12,19H,2,4-7,17H2. The number of anilines is 1. The molecule has 0 radical (unpaired) electrons. The maximum Gasteiger partial charge on any atom is 0.182 e. The molecule has 104 valence electrons. The fraction of sp³-hybridized carbons (Fsp3) is 0.571. The Morgan fingerprint density at radius 3 is 2.68 bits per heavy atom. The van der Waals surface area contributed by atoms with Gasteiger partial charge < -0.3 is 15.7 Å². The van der Waals surface area contributed by atoms with Crippen LogP contribution in [0.15, 0.2) is 12.1 Å². The predicted molar refractivity (Wildman–Crippen MR) is 68.7 cm³/mol. The molecule has 1 aromatic rings. The van der Waals surface area contributed by atoms with E-state index < -0.39 is 11.6 Å². The van der Waals surface area contributed by atoms with Crippen LogP contribution < -0.4 is 10.6 Å². The summed E-state index contributed by atoms with van der Waals surface area (Å²) >= 11 is 0. The molecule has 3 rings (SSSR count). The molecule has 5 heteroatoms. The molecule has 19 heavy (non-hydrogen) atoms. The lowest BCUT2D eigenvalue weighted by atomic mass is 10.00. The van der Waals surface area contributed by atoms with Gasteiger partial charge in [0.1, 0.15) is 0 Å². The first-order valence-corrected chi connectivity index (χ1v) is 6.71. The second-order valence-corrected chi connectivity index (χ2v) is 5.55. The number of benzene rings is 1. The Hall–Kier alpha value is -1.20. The summed E-state index contributed by atoms with van der Waals surface area (Å²) in [6.45, 7) is 1.29. The number of hydrogen-bond acceptors (Lipinski definition) is 3. The molecule has 3 atom stereocenters. The number of nitrogens with two attached hydrogens (primary N) is 1. The zero-order chi connectivity index (χ0) is 13.6. The zero-order valence-corrected chi connectivity index (χ0v) is 10.6. The van der Waals surface area contributed by atoms with Crippen molar-refractivity contribution in [3.63, 3.8) is 0 Å². The van der Waals surface area contributed by atoms with Crippen molar-refractivity contribution < 1.29 is 13.9 Å². The van der Waals surface area contributed by atoms with Gasteiger partial charge in [0.25, 0.3) is 0 Å². The molecule has 1 saturated carbocycles. The van der Waals surface area contributed by atoms with E-state index in [0.717, 1.165) is 12.8 Å². The van der Waals surface area contributed by atoms with Crippen molar-refractivity contribution >= 4 is 5.69 Å². The lowest BCUT2D eigenvalue weighted by Crippen LogP contribution is -2.25. The molecule has 1 aromatic carbocycles. The molecule has 1 aliphatic heterocycles. The summed E-state index contributed by atoms with van der Waals surface area (Å²) in [5.41, 5.74) is 5.85. The minimum atomic E-state index is -0.849. The van der Waals surface area contributed by atoms with E-state index >= 15 is 0 Å². The first kappa shape index (κ1) is 12.8. The van der Waals surface area contributed by atoms with Crippen molar-refractivity contribution in [1.82, 2.24) is 0 Å². The number of rotatable bonds is 2. The van der Waals surface area contributed by atoms with E-state index in [1.807, 2.05) is 4.90 Å². The van der Waals surface area contributed by atoms with Gasteiger partial charge in [-0.05, 0) is 24.8 Å². The van der Waals surface area contributed by atoms with Crippen molar-refractivity contribution in [2.24, 2.45) is 17.6 Å². The maximum atomic E-state index is 14.0. The minimum Gasteiger partial charge on any atom is -0.393 e. The molecule has 0 aromatic heterocycles. The van der Waals surface area contributed by atoms with E-state index in [4.69, 9.17) is 5.73 Å². The second-order valence-electron chi connectivity index (χ2n) is 5.55. The van der Waals surface area contributed by atoms with Gasteiger partial charge in [-0.2, -0.15) is 0 Å². The van der Waals surface area contributed by atoms with Crippen LogP contribution in [0.2, 0.25) is 0 Å². The highest BCUT2D eigenvalue weighted by Gasteiger charge is 2.42. The van der Waals surface area contributed by atoms with Crippen molar-refractivity contribution in [3.05, 3.63) is 29.3 Å². The van der Waals surface area contributed by atoms with Gasteiger partial charge in [-0.3, -0.25) is 0 Å². The Bertz CT molecular complexity index is 495. The number of fused-ring (bicyclic) bond motifs is 1. The Morgan fingerprint density at radius 1 is 1.21 bits per heavy atom. The Labute approximate surface area is 111 Å². The minimum absolute atomic E-state index is 0.00695. The third kappa shape index (κ3) is 2.01. The smallest absolute Gasteiger partial charge is 0.182 e. The number of halogens is 2. The molecule has 3 unspecified atom stereocenters. The molecule has 2 fully saturated rings. The molecule has 1 heterocycles. The van der Waals surface area contributed by atoms with Crippen LogP contribution in [0.25, 0.3) is 0 Å². The largest absolute Gasteiger partial charge is 0.393 e. The zero-order valence-electron chi connectivity index (χ0n) is 10.6. The van der Waals surface area contributed by atoms with Crippen LogP contribution in [-0.2, 0) is 6.54 Å². The topological polar surface area (TPSA) is 49.5 Å². The number of nitrogens with zero attached hydrogens (tertiary/aromatic N) is 1. The molecule has 1 aliphatic carbocycles. The quantitative estimate of drug-likeness (QED) is 0.857. The summed E-state index contributed by atoms with van der Waals surface area (Å²) in [5, 5.41) is 9.86. The van der Waals surface area contributed by atoms with E-state index in [-0.39, 0.29) is 29.8 Å². The Kier molecular flexibility index (Phi) is 3.19. The average molecular weight is 268 g/mol. The molecule has 0 amide bonds. The van der Waals surface area contributed by atoms with Crippen LogP contribution >= 0.6 is 0 Å². The molecular weight excluding hydrogens is 250 g/mol. The third-order valence-corrected chi connectivity index (χ3v) is 4.52. The lowest BCUT2D eigenvalue weighted by molar-refractivity contribution is 0.133. The van der Waals surface area contributed by atoms with Crippen molar-refractivity contribution in [2.75, 3.05) is 18.0 Å². The molecule has 2 aliphatic rings. The molecule has 3 nitrogen and oxygen atoms in total.